The second kappa shape index (κ2) is 7.96. The Morgan fingerprint density at radius 2 is 1.92 bits per heavy atom. The highest BCUT2D eigenvalue weighted by atomic mass is 16.5. The molecule has 3 rings (SSSR count). The molecule has 1 saturated carbocycles. The van der Waals surface area contributed by atoms with Crippen LogP contribution >= 0.6 is 0 Å². The molecule has 0 saturated heterocycles. The molecule has 1 heterocycles. The van der Waals surface area contributed by atoms with Crippen LogP contribution in [0.3, 0.4) is 0 Å². The number of amides is 1. The third-order valence-electron chi connectivity index (χ3n) is 4.27. The summed E-state index contributed by atoms with van der Waals surface area (Å²) >= 11 is 0. The van der Waals surface area contributed by atoms with Crippen molar-refractivity contribution in [3.8, 4) is 11.3 Å². The molecule has 2 aromatic rings. The van der Waals surface area contributed by atoms with E-state index in [1.165, 1.54) is 6.42 Å². The van der Waals surface area contributed by atoms with Gasteiger partial charge in [0.2, 0.25) is 0 Å². The number of benzene rings is 1. The van der Waals surface area contributed by atoms with Gasteiger partial charge in [0.25, 0.3) is 5.91 Å². The number of hydrogen-bond acceptors (Lipinski definition) is 5. The molecule has 25 heavy (non-hydrogen) atoms. The summed E-state index contributed by atoms with van der Waals surface area (Å²) in [4.78, 5) is 28.4. The molecular formula is C19H22N2O4. The maximum Gasteiger partial charge on any atom is 0.361 e. The summed E-state index contributed by atoms with van der Waals surface area (Å²) in [5.74, 6) is -0.204. The number of nitrogens with zero attached hydrogens (tertiary/aromatic N) is 1. The monoisotopic (exact) mass is 342 g/mol. The fraction of sp³-hybridized carbons (Fsp3) is 0.421. The SMILES string of the molecule is Cc1nc(C(=O)OCC(=O)NC2CCCCC2)c(-c2ccccc2)o1. The zero-order valence-electron chi connectivity index (χ0n) is 14.3. The first kappa shape index (κ1) is 17.2. The van der Waals surface area contributed by atoms with Crippen molar-refractivity contribution in [2.75, 3.05) is 6.61 Å². The predicted octanol–water partition coefficient (Wildman–Crippen LogP) is 3.26. The van der Waals surface area contributed by atoms with Crippen molar-refractivity contribution in [3.63, 3.8) is 0 Å². The van der Waals surface area contributed by atoms with Crippen molar-refractivity contribution in [1.82, 2.24) is 10.3 Å². The molecule has 1 aliphatic carbocycles. The van der Waals surface area contributed by atoms with Crippen molar-refractivity contribution in [3.05, 3.63) is 41.9 Å². The standard InChI is InChI=1S/C19H22N2O4/c1-13-20-17(18(25-13)14-8-4-2-5-9-14)19(23)24-12-16(22)21-15-10-6-3-7-11-15/h2,4-5,8-9,15H,3,6-7,10-12H2,1H3,(H,21,22). The van der Waals surface area contributed by atoms with E-state index in [4.69, 9.17) is 9.15 Å². The summed E-state index contributed by atoms with van der Waals surface area (Å²) in [6, 6.07) is 9.41. The van der Waals surface area contributed by atoms with Gasteiger partial charge in [-0.2, -0.15) is 0 Å². The number of rotatable bonds is 5. The fourth-order valence-corrected chi connectivity index (χ4v) is 3.07. The van der Waals surface area contributed by atoms with Crippen LogP contribution < -0.4 is 5.32 Å². The normalized spacial score (nSPS) is 14.9. The number of hydrogen-bond donors (Lipinski definition) is 1. The molecule has 1 aliphatic rings. The molecule has 0 bridgehead atoms. The van der Waals surface area contributed by atoms with E-state index in [2.05, 4.69) is 10.3 Å². The Hall–Kier alpha value is -2.63. The molecule has 0 aliphatic heterocycles. The summed E-state index contributed by atoms with van der Waals surface area (Å²) in [7, 11) is 0. The minimum absolute atomic E-state index is 0.0918. The average Bonchev–Trinajstić information content (AvgIpc) is 3.03. The Balaban J connectivity index is 1.61. The molecule has 132 valence electrons. The van der Waals surface area contributed by atoms with Crippen molar-refractivity contribution in [2.24, 2.45) is 0 Å². The Labute approximate surface area is 146 Å². The Bertz CT molecular complexity index is 733. The van der Waals surface area contributed by atoms with Gasteiger partial charge in [-0.1, -0.05) is 49.6 Å². The summed E-state index contributed by atoms with van der Waals surface area (Å²) < 4.78 is 10.7. The molecule has 1 amide bonds. The molecule has 0 spiro atoms. The van der Waals surface area contributed by atoms with Crippen molar-refractivity contribution < 1.29 is 18.7 Å². The van der Waals surface area contributed by atoms with Gasteiger partial charge in [0.1, 0.15) is 0 Å². The second-order valence-corrected chi connectivity index (χ2v) is 6.26. The van der Waals surface area contributed by atoms with Gasteiger partial charge in [-0.05, 0) is 12.8 Å². The number of oxazole rings is 1. The number of esters is 1. The van der Waals surface area contributed by atoms with Crippen LogP contribution in [0.25, 0.3) is 11.3 Å². The highest BCUT2D eigenvalue weighted by Crippen LogP contribution is 2.25. The number of carbonyl (C=O) groups is 2. The molecule has 1 N–H and O–H groups in total. The van der Waals surface area contributed by atoms with E-state index in [1.54, 1.807) is 6.92 Å². The third kappa shape index (κ3) is 4.47. The topological polar surface area (TPSA) is 81.4 Å². The lowest BCUT2D eigenvalue weighted by Crippen LogP contribution is -2.38. The van der Waals surface area contributed by atoms with Gasteiger partial charge in [0, 0.05) is 18.5 Å². The minimum atomic E-state index is -0.658. The number of aryl methyl sites for hydroxylation is 1. The van der Waals surface area contributed by atoms with Crippen LogP contribution in [0.5, 0.6) is 0 Å². The van der Waals surface area contributed by atoms with Gasteiger partial charge in [-0.25, -0.2) is 9.78 Å². The van der Waals surface area contributed by atoms with E-state index < -0.39 is 5.97 Å². The summed E-state index contributed by atoms with van der Waals surface area (Å²) in [6.45, 7) is 1.36. The lowest BCUT2D eigenvalue weighted by Gasteiger charge is -2.22. The van der Waals surface area contributed by atoms with E-state index in [0.29, 0.717) is 11.7 Å². The Morgan fingerprint density at radius 1 is 1.20 bits per heavy atom. The first-order chi connectivity index (χ1) is 12.1. The first-order valence-corrected chi connectivity index (χ1v) is 8.63. The van der Waals surface area contributed by atoms with Gasteiger partial charge >= 0.3 is 5.97 Å². The van der Waals surface area contributed by atoms with E-state index in [9.17, 15) is 9.59 Å². The van der Waals surface area contributed by atoms with Crippen LogP contribution in [0.2, 0.25) is 0 Å². The van der Waals surface area contributed by atoms with E-state index >= 15 is 0 Å². The summed E-state index contributed by atoms with van der Waals surface area (Å²) in [5.41, 5.74) is 0.830. The summed E-state index contributed by atoms with van der Waals surface area (Å²) in [5, 5.41) is 2.92. The van der Waals surface area contributed by atoms with Crippen molar-refractivity contribution in [1.29, 1.82) is 0 Å². The summed E-state index contributed by atoms with van der Waals surface area (Å²) in [6.07, 6.45) is 5.45. The third-order valence-corrected chi connectivity index (χ3v) is 4.27. The number of ether oxygens (including phenoxy) is 1. The van der Waals surface area contributed by atoms with Crippen LogP contribution in [0, 0.1) is 6.92 Å². The highest BCUT2D eigenvalue weighted by molar-refractivity contribution is 5.95. The number of carbonyl (C=O) groups excluding carboxylic acids is 2. The molecule has 1 aromatic carbocycles. The van der Waals surface area contributed by atoms with Crippen LogP contribution in [0.1, 0.15) is 48.5 Å². The van der Waals surface area contributed by atoms with Gasteiger partial charge in [0.15, 0.2) is 24.0 Å². The molecule has 0 atom stereocenters. The van der Waals surface area contributed by atoms with Gasteiger partial charge in [-0.15, -0.1) is 0 Å². The van der Waals surface area contributed by atoms with E-state index in [-0.39, 0.29) is 24.2 Å². The average molecular weight is 342 g/mol. The molecule has 0 radical (unpaired) electrons. The van der Waals surface area contributed by atoms with E-state index in [1.807, 2.05) is 30.3 Å². The number of aromatic nitrogens is 1. The first-order valence-electron chi connectivity index (χ1n) is 8.63. The second-order valence-electron chi connectivity index (χ2n) is 6.26. The van der Waals surface area contributed by atoms with E-state index in [0.717, 1.165) is 31.2 Å². The van der Waals surface area contributed by atoms with Crippen molar-refractivity contribution >= 4 is 11.9 Å². The molecular weight excluding hydrogens is 320 g/mol. The van der Waals surface area contributed by atoms with Crippen LogP contribution in [0.4, 0.5) is 0 Å². The Morgan fingerprint density at radius 3 is 2.64 bits per heavy atom. The minimum Gasteiger partial charge on any atom is -0.451 e. The zero-order valence-corrected chi connectivity index (χ0v) is 14.3. The van der Waals surface area contributed by atoms with Crippen LogP contribution in [-0.2, 0) is 9.53 Å². The lowest BCUT2D eigenvalue weighted by molar-refractivity contribution is -0.125. The van der Waals surface area contributed by atoms with Crippen molar-refractivity contribution in [2.45, 2.75) is 45.1 Å². The Kier molecular flexibility index (Phi) is 5.48. The van der Waals surface area contributed by atoms with Crippen LogP contribution in [0.15, 0.2) is 34.7 Å². The van der Waals surface area contributed by atoms with Gasteiger partial charge < -0.3 is 14.5 Å². The molecule has 1 fully saturated rings. The molecule has 6 heteroatoms. The largest absolute Gasteiger partial charge is 0.451 e. The fourth-order valence-electron chi connectivity index (χ4n) is 3.07. The smallest absolute Gasteiger partial charge is 0.361 e. The maximum absolute atomic E-state index is 12.3. The van der Waals surface area contributed by atoms with Gasteiger partial charge in [-0.3, -0.25) is 4.79 Å². The molecule has 0 unspecified atom stereocenters. The molecule has 6 nitrogen and oxygen atoms in total. The highest BCUT2D eigenvalue weighted by Gasteiger charge is 2.23. The van der Waals surface area contributed by atoms with Gasteiger partial charge in [0.05, 0.1) is 0 Å². The van der Waals surface area contributed by atoms with Crippen LogP contribution in [-0.4, -0.2) is 29.5 Å². The number of nitrogens with one attached hydrogen (secondary N) is 1. The predicted molar refractivity (Wildman–Crippen MR) is 92.0 cm³/mol. The lowest BCUT2D eigenvalue weighted by atomic mass is 9.95. The zero-order chi connectivity index (χ0) is 17.6. The maximum atomic E-state index is 12.3. The molecule has 1 aromatic heterocycles. The quantitative estimate of drug-likeness (QED) is 0.844.